The topological polar surface area (TPSA) is 84.4 Å². The third-order valence-corrected chi connectivity index (χ3v) is 5.58. The van der Waals surface area contributed by atoms with Crippen molar-refractivity contribution in [3.05, 3.63) is 66.9 Å². The number of furan rings is 1. The Bertz CT molecular complexity index is 1140. The van der Waals surface area contributed by atoms with Crippen LogP contribution in [0.15, 0.2) is 69.9 Å². The van der Waals surface area contributed by atoms with Gasteiger partial charge in [-0.3, -0.25) is 9.69 Å². The summed E-state index contributed by atoms with van der Waals surface area (Å²) in [4.78, 5) is 14.8. The van der Waals surface area contributed by atoms with E-state index in [-0.39, 0.29) is 11.8 Å². The van der Waals surface area contributed by atoms with Crippen molar-refractivity contribution in [3.63, 3.8) is 0 Å². The van der Waals surface area contributed by atoms with E-state index in [1.807, 2.05) is 42.5 Å². The van der Waals surface area contributed by atoms with E-state index in [1.54, 1.807) is 18.6 Å². The Morgan fingerprint density at radius 3 is 2.73 bits per heavy atom. The predicted octanol–water partition coefficient (Wildman–Crippen LogP) is 4.30. The summed E-state index contributed by atoms with van der Waals surface area (Å²) in [6.45, 7) is 2.01. The molecule has 2 aromatic carbocycles. The Hall–Kier alpha value is -3.45. The van der Waals surface area contributed by atoms with Crippen molar-refractivity contribution in [2.45, 2.75) is 18.8 Å². The number of piperidine rings is 1. The molecule has 1 amide bonds. The van der Waals surface area contributed by atoms with Crippen LogP contribution in [-0.2, 0) is 4.79 Å². The van der Waals surface area contributed by atoms with Gasteiger partial charge >= 0.3 is 0 Å². The van der Waals surface area contributed by atoms with Crippen LogP contribution in [0.3, 0.4) is 0 Å². The van der Waals surface area contributed by atoms with Gasteiger partial charge in [0.15, 0.2) is 0 Å². The Balaban J connectivity index is 1.17. The zero-order valence-electron chi connectivity index (χ0n) is 16.5. The van der Waals surface area contributed by atoms with Crippen LogP contribution in [0.5, 0.6) is 0 Å². The van der Waals surface area contributed by atoms with Crippen molar-refractivity contribution >= 4 is 22.4 Å². The Morgan fingerprint density at radius 2 is 1.90 bits per heavy atom. The lowest BCUT2D eigenvalue weighted by Crippen LogP contribution is -2.38. The molecule has 4 aromatic rings. The summed E-state index contributed by atoms with van der Waals surface area (Å²) in [5, 5.41) is 13.6. The lowest BCUT2D eigenvalue weighted by molar-refractivity contribution is -0.117. The fourth-order valence-corrected chi connectivity index (χ4v) is 3.97. The zero-order chi connectivity index (χ0) is 20.3. The lowest BCUT2D eigenvalue weighted by Gasteiger charge is -2.29. The highest BCUT2D eigenvalue weighted by atomic mass is 16.4. The molecule has 0 spiro atoms. The molecule has 0 atom stereocenters. The first-order chi connectivity index (χ1) is 14.8. The maximum atomic E-state index is 12.6. The molecule has 0 radical (unpaired) electrons. The average Bonchev–Trinajstić information content (AvgIpc) is 3.47. The summed E-state index contributed by atoms with van der Waals surface area (Å²) in [6.07, 6.45) is 4.94. The first kappa shape index (κ1) is 18.6. The van der Waals surface area contributed by atoms with E-state index < -0.39 is 0 Å². The number of carbonyl (C=O) groups excluding carboxylic acids is 1. The summed E-state index contributed by atoms with van der Waals surface area (Å²) in [6, 6.07) is 15.8. The van der Waals surface area contributed by atoms with E-state index in [4.69, 9.17) is 8.83 Å². The summed E-state index contributed by atoms with van der Waals surface area (Å²) >= 11 is 0. The number of amides is 1. The Kier molecular flexibility index (Phi) is 5.03. The van der Waals surface area contributed by atoms with E-state index in [0.29, 0.717) is 18.3 Å². The molecular weight excluding hydrogens is 380 g/mol. The number of anilines is 1. The van der Waals surface area contributed by atoms with E-state index in [9.17, 15) is 4.79 Å². The van der Waals surface area contributed by atoms with E-state index in [2.05, 4.69) is 20.4 Å². The molecule has 1 N–H and O–H groups in total. The Labute approximate surface area is 173 Å². The molecule has 1 aliphatic rings. The van der Waals surface area contributed by atoms with Crippen LogP contribution in [-0.4, -0.2) is 40.6 Å². The van der Waals surface area contributed by atoms with Gasteiger partial charge in [-0.1, -0.05) is 36.4 Å². The number of aromatic nitrogens is 2. The largest absolute Gasteiger partial charge is 0.472 e. The van der Waals surface area contributed by atoms with Crippen LogP contribution >= 0.6 is 0 Å². The average molecular weight is 402 g/mol. The van der Waals surface area contributed by atoms with Crippen LogP contribution in [0.1, 0.15) is 24.7 Å². The minimum absolute atomic E-state index is 0.00448. The molecule has 7 nitrogen and oxygen atoms in total. The second-order valence-corrected chi connectivity index (χ2v) is 7.58. The van der Waals surface area contributed by atoms with E-state index in [1.165, 1.54) is 0 Å². The standard InChI is InChI=1S/C23H22N4O3/c28-21(24-20-7-3-5-16-4-1-2-6-19(16)20)14-27-11-8-17(9-12-27)22-25-26-23(30-22)18-10-13-29-15-18/h1-7,10,13,15,17H,8-9,11-12,14H2,(H,24,28). The number of carbonyl (C=O) groups is 1. The van der Waals surface area contributed by atoms with Gasteiger partial charge in [0.2, 0.25) is 11.8 Å². The van der Waals surface area contributed by atoms with Crippen LogP contribution in [0.4, 0.5) is 5.69 Å². The summed E-state index contributed by atoms with van der Waals surface area (Å²) < 4.78 is 10.9. The molecule has 5 rings (SSSR count). The number of fused-ring (bicyclic) bond motifs is 1. The summed E-state index contributed by atoms with van der Waals surface area (Å²) in [5.74, 6) is 1.36. The SMILES string of the molecule is O=C(CN1CCC(c2nnc(-c3ccoc3)o2)CC1)Nc1cccc2ccccc12. The van der Waals surface area contributed by atoms with Crippen molar-refractivity contribution in [1.82, 2.24) is 15.1 Å². The van der Waals surface area contributed by atoms with Crippen molar-refractivity contribution in [3.8, 4) is 11.5 Å². The van der Waals surface area contributed by atoms with E-state index >= 15 is 0 Å². The van der Waals surface area contributed by atoms with Crippen LogP contribution in [0.25, 0.3) is 22.2 Å². The first-order valence-corrected chi connectivity index (χ1v) is 10.1. The minimum atomic E-state index is 0.00448. The predicted molar refractivity (Wildman–Crippen MR) is 113 cm³/mol. The molecule has 2 aromatic heterocycles. The fourth-order valence-electron chi connectivity index (χ4n) is 3.97. The molecule has 1 fully saturated rings. The summed E-state index contributed by atoms with van der Waals surface area (Å²) in [7, 11) is 0. The van der Waals surface area contributed by atoms with Crippen molar-refractivity contribution in [2.75, 3.05) is 25.0 Å². The van der Waals surface area contributed by atoms with Gasteiger partial charge in [0.05, 0.1) is 18.4 Å². The quantitative estimate of drug-likeness (QED) is 0.536. The maximum Gasteiger partial charge on any atom is 0.250 e. The number of hydrogen-bond donors (Lipinski definition) is 1. The van der Waals surface area contributed by atoms with Gasteiger partial charge in [0.25, 0.3) is 5.89 Å². The van der Waals surface area contributed by atoms with Crippen LogP contribution in [0, 0.1) is 0 Å². The molecule has 0 aliphatic carbocycles. The number of nitrogens with zero attached hydrogens (tertiary/aromatic N) is 3. The highest BCUT2D eigenvalue weighted by Crippen LogP contribution is 2.29. The molecule has 1 aliphatic heterocycles. The molecule has 152 valence electrons. The minimum Gasteiger partial charge on any atom is -0.472 e. The van der Waals surface area contributed by atoms with Crippen LogP contribution < -0.4 is 5.32 Å². The number of hydrogen-bond acceptors (Lipinski definition) is 6. The maximum absolute atomic E-state index is 12.6. The molecule has 0 saturated carbocycles. The molecular formula is C23H22N4O3. The van der Waals surface area contributed by atoms with Crippen molar-refractivity contribution < 1.29 is 13.6 Å². The monoisotopic (exact) mass is 402 g/mol. The molecule has 0 unspecified atom stereocenters. The second kappa shape index (κ2) is 8.12. The number of rotatable bonds is 5. The van der Waals surface area contributed by atoms with Gasteiger partial charge in [-0.15, -0.1) is 10.2 Å². The lowest BCUT2D eigenvalue weighted by atomic mass is 9.97. The van der Waals surface area contributed by atoms with Gasteiger partial charge in [0.1, 0.15) is 6.26 Å². The first-order valence-electron chi connectivity index (χ1n) is 10.1. The van der Waals surface area contributed by atoms with Crippen molar-refractivity contribution in [1.29, 1.82) is 0 Å². The zero-order valence-corrected chi connectivity index (χ0v) is 16.5. The van der Waals surface area contributed by atoms with Gasteiger partial charge < -0.3 is 14.2 Å². The third kappa shape index (κ3) is 3.84. The number of nitrogens with one attached hydrogen (secondary N) is 1. The second-order valence-electron chi connectivity index (χ2n) is 7.58. The Morgan fingerprint density at radius 1 is 1.07 bits per heavy atom. The van der Waals surface area contributed by atoms with Crippen molar-refractivity contribution in [2.24, 2.45) is 0 Å². The molecule has 3 heterocycles. The molecule has 0 bridgehead atoms. The highest BCUT2D eigenvalue weighted by Gasteiger charge is 2.26. The van der Waals surface area contributed by atoms with Gasteiger partial charge in [-0.25, -0.2) is 0 Å². The smallest absolute Gasteiger partial charge is 0.250 e. The third-order valence-electron chi connectivity index (χ3n) is 5.58. The normalized spacial score (nSPS) is 15.5. The fraction of sp³-hybridized carbons (Fsp3) is 0.261. The number of benzene rings is 2. The van der Waals surface area contributed by atoms with Crippen LogP contribution in [0.2, 0.25) is 0 Å². The molecule has 1 saturated heterocycles. The van der Waals surface area contributed by atoms with E-state index in [0.717, 1.165) is 48.0 Å². The summed E-state index contributed by atoms with van der Waals surface area (Å²) in [5.41, 5.74) is 1.64. The number of likely N-dealkylation sites (tertiary alicyclic amines) is 1. The molecule has 30 heavy (non-hydrogen) atoms. The highest BCUT2D eigenvalue weighted by molar-refractivity contribution is 6.02. The molecule has 7 heteroatoms. The van der Waals surface area contributed by atoms with Gasteiger partial charge in [-0.2, -0.15) is 0 Å². The van der Waals surface area contributed by atoms with Gasteiger partial charge in [0, 0.05) is 17.0 Å². The van der Waals surface area contributed by atoms with Gasteiger partial charge in [-0.05, 0) is 43.5 Å².